The van der Waals surface area contributed by atoms with Crippen molar-refractivity contribution in [2.75, 3.05) is 12.8 Å². The zero-order chi connectivity index (χ0) is 15.4. The monoisotopic (exact) mass is 348 g/mol. The molecule has 3 N–H and O–H groups in total. The van der Waals surface area contributed by atoms with Gasteiger partial charge in [-0.3, -0.25) is 4.79 Å². The normalized spacial score (nSPS) is 11.8. The van der Waals surface area contributed by atoms with Crippen molar-refractivity contribution in [3.05, 3.63) is 58.1 Å². The lowest BCUT2D eigenvalue weighted by atomic mass is 10.1. The fraction of sp³-hybridized carbons (Fsp3) is 0.188. The fourth-order valence-electron chi connectivity index (χ4n) is 1.94. The lowest BCUT2D eigenvalue weighted by Crippen LogP contribution is -2.26. The van der Waals surface area contributed by atoms with Crippen LogP contribution < -0.4 is 15.8 Å². The van der Waals surface area contributed by atoms with Crippen molar-refractivity contribution in [3.8, 4) is 5.75 Å². The molecular formula is C16H17BrN2O2. The van der Waals surface area contributed by atoms with E-state index in [1.165, 1.54) is 0 Å². The van der Waals surface area contributed by atoms with E-state index < -0.39 is 0 Å². The third kappa shape index (κ3) is 3.76. The first kappa shape index (κ1) is 15.4. The molecule has 2 aromatic rings. The summed E-state index contributed by atoms with van der Waals surface area (Å²) in [5.41, 5.74) is 7.87. The SMILES string of the molecule is COc1cccc([C@@H](C)NC(=O)c2ccc(N)c(Br)c2)c1. The molecule has 0 aliphatic heterocycles. The molecule has 0 spiro atoms. The molecule has 2 aromatic carbocycles. The van der Waals surface area contributed by atoms with E-state index in [0.29, 0.717) is 15.7 Å². The number of methoxy groups -OCH3 is 1. The highest BCUT2D eigenvalue weighted by atomic mass is 79.9. The summed E-state index contributed by atoms with van der Waals surface area (Å²) in [6.07, 6.45) is 0. The number of hydrogen-bond donors (Lipinski definition) is 2. The van der Waals surface area contributed by atoms with Gasteiger partial charge < -0.3 is 15.8 Å². The molecule has 0 saturated heterocycles. The topological polar surface area (TPSA) is 64.3 Å². The second kappa shape index (κ2) is 6.63. The molecule has 1 atom stereocenters. The van der Waals surface area contributed by atoms with Gasteiger partial charge in [-0.05, 0) is 58.7 Å². The fourth-order valence-corrected chi connectivity index (χ4v) is 2.32. The van der Waals surface area contributed by atoms with E-state index in [9.17, 15) is 4.79 Å². The molecule has 5 heteroatoms. The summed E-state index contributed by atoms with van der Waals surface area (Å²) in [6.45, 7) is 1.93. The third-order valence-corrected chi connectivity index (χ3v) is 3.89. The van der Waals surface area contributed by atoms with Crippen LogP contribution in [0, 0.1) is 0 Å². The van der Waals surface area contributed by atoms with Crippen LogP contribution in [0.3, 0.4) is 0 Å². The summed E-state index contributed by atoms with van der Waals surface area (Å²) in [5.74, 6) is 0.620. The molecule has 0 bridgehead atoms. The van der Waals surface area contributed by atoms with E-state index in [1.807, 2.05) is 31.2 Å². The van der Waals surface area contributed by atoms with Crippen LogP contribution in [0.5, 0.6) is 5.75 Å². The Morgan fingerprint density at radius 3 is 2.71 bits per heavy atom. The van der Waals surface area contributed by atoms with E-state index in [2.05, 4.69) is 21.2 Å². The van der Waals surface area contributed by atoms with Crippen LogP contribution in [-0.4, -0.2) is 13.0 Å². The van der Waals surface area contributed by atoms with Gasteiger partial charge in [0.25, 0.3) is 5.91 Å². The van der Waals surface area contributed by atoms with Gasteiger partial charge in [0, 0.05) is 15.7 Å². The summed E-state index contributed by atoms with van der Waals surface area (Å²) in [5, 5.41) is 2.95. The van der Waals surface area contributed by atoms with E-state index in [0.717, 1.165) is 11.3 Å². The number of carbonyl (C=O) groups excluding carboxylic acids is 1. The van der Waals surface area contributed by atoms with Crippen molar-refractivity contribution in [2.45, 2.75) is 13.0 Å². The number of ether oxygens (including phenoxy) is 1. The number of amides is 1. The second-order valence-electron chi connectivity index (χ2n) is 4.71. The number of benzene rings is 2. The van der Waals surface area contributed by atoms with Crippen molar-refractivity contribution >= 4 is 27.5 Å². The van der Waals surface area contributed by atoms with E-state index in [-0.39, 0.29) is 11.9 Å². The summed E-state index contributed by atoms with van der Waals surface area (Å²) in [6, 6.07) is 12.6. The Balaban J connectivity index is 2.12. The number of halogens is 1. The van der Waals surface area contributed by atoms with E-state index >= 15 is 0 Å². The first-order chi connectivity index (χ1) is 10.0. The van der Waals surface area contributed by atoms with E-state index in [4.69, 9.17) is 10.5 Å². The molecule has 0 radical (unpaired) electrons. The Labute approximate surface area is 132 Å². The number of carbonyl (C=O) groups is 1. The van der Waals surface area contributed by atoms with Crippen molar-refractivity contribution < 1.29 is 9.53 Å². The van der Waals surface area contributed by atoms with Gasteiger partial charge in [0.05, 0.1) is 13.2 Å². The smallest absolute Gasteiger partial charge is 0.251 e. The van der Waals surface area contributed by atoms with Crippen LogP contribution in [0.4, 0.5) is 5.69 Å². The number of anilines is 1. The van der Waals surface area contributed by atoms with Crippen molar-refractivity contribution in [1.82, 2.24) is 5.32 Å². The van der Waals surface area contributed by atoms with Crippen molar-refractivity contribution in [1.29, 1.82) is 0 Å². The maximum absolute atomic E-state index is 12.2. The molecule has 0 aliphatic carbocycles. The van der Waals surface area contributed by atoms with Gasteiger partial charge in [-0.25, -0.2) is 0 Å². The van der Waals surface area contributed by atoms with Crippen molar-refractivity contribution in [3.63, 3.8) is 0 Å². The van der Waals surface area contributed by atoms with E-state index in [1.54, 1.807) is 25.3 Å². The lowest BCUT2D eigenvalue weighted by Gasteiger charge is -2.15. The summed E-state index contributed by atoms with van der Waals surface area (Å²) < 4.78 is 5.90. The molecule has 1 amide bonds. The lowest BCUT2D eigenvalue weighted by molar-refractivity contribution is 0.0940. The van der Waals surface area contributed by atoms with Gasteiger partial charge in [-0.1, -0.05) is 12.1 Å². The Morgan fingerprint density at radius 2 is 2.05 bits per heavy atom. The quantitative estimate of drug-likeness (QED) is 0.830. The number of hydrogen-bond acceptors (Lipinski definition) is 3. The predicted octanol–water partition coefficient (Wildman–Crippen LogP) is 3.53. The summed E-state index contributed by atoms with van der Waals surface area (Å²) >= 11 is 3.32. The first-order valence-electron chi connectivity index (χ1n) is 6.51. The highest BCUT2D eigenvalue weighted by Crippen LogP contribution is 2.22. The molecule has 21 heavy (non-hydrogen) atoms. The van der Waals surface area contributed by atoms with Crippen LogP contribution in [0.1, 0.15) is 28.9 Å². The molecule has 0 fully saturated rings. The molecule has 0 aromatic heterocycles. The van der Waals surface area contributed by atoms with Gasteiger partial charge in [0.2, 0.25) is 0 Å². The molecule has 0 unspecified atom stereocenters. The highest BCUT2D eigenvalue weighted by Gasteiger charge is 2.12. The third-order valence-electron chi connectivity index (χ3n) is 3.20. The number of nitrogens with one attached hydrogen (secondary N) is 1. The summed E-state index contributed by atoms with van der Waals surface area (Å²) in [7, 11) is 1.62. The predicted molar refractivity (Wildman–Crippen MR) is 87.4 cm³/mol. The average Bonchev–Trinajstić information content (AvgIpc) is 2.49. The minimum atomic E-state index is -0.147. The standard InChI is InChI=1S/C16H17BrN2O2/c1-10(11-4-3-5-13(8-11)21-2)19-16(20)12-6-7-15(18)14(17)9-12/h3-10H,18H2,1-2H3,(H,19,20)/t10-/m1/s1. The zero-order valence-electron chi connectivity index (χ0n) is 11.9. The zero-order valence-corrected chi connectivity index (χ0v) is 13.5. The molecular weight excluding hydrogens is 332 g/mol. The molecule has 2 rings (SSSR count). The maximum atomic E-state index is 12.2. The molecule has 0 saturated carbocycles. The average molecular weight is 349 g/mol. The van der Waals surface area contributed by atoms with Gasteiger partial charge in [-0.2, -0.15) is 0 Å². The minimum absolute atomic E-state index is 0.121. The summed E-state index contributed by atoms with van der Waals surface area (Å²) in [4.78, 5) is 12.2. The molecule has 4 nitrogen and oxygen atoms in total. The Kier molecular flexibility index (Phi) is 4.85. The molecule has 0 heterocycles. The minimum Gasteiger partial charge on any atom is -0.497 e. The van der Waals surface area contributed by atoms with Crippen LogP contribution in [0.15, 0.2) is 46.9 Å². The van der Waals surface area contributed by atoms with Gasteiger partial charge in [0.15, 0.2) is 0 Å². The maximum Gasteiger partial charge on any atom is 0.251 e. The van der Waals surface area contributed by atoms with Crippen LogP contribution >= 0.6 is 15.9 Å². The largest absolute Gasteiger partial charge is 0.497 e. The van der Waals surface area contributed by atoms with Gasteiger partial charge in [-0.15, -0.1) is 0 Å². The number of rotatable bonds is 4. The Hall–Kier alpha value is -2.01. The van der Waals surface area contributed by atoms with Crippen LogP contribution in [0.25, 0.3) is 0 Å². The molecule has 0 aliphatic rings. The second-order valence-corrected chi connectivity index (χ2v) is 5.56. The molecule has 110 valence electrons. The Bertz CT molecular complexity index is 658. The first-order valence-corrected chi connectivity index (χ1v) is 7.30. The van der Waals surface area contributed by atoms with Gasteiger partial charge >= 0.3 is 0 Å². The van der Waals surface area contributed by atoms with Gasteiger partial charge in [0.1, 0.15) is 5.75 Å². The van der Waals surface area contributed by atoms with Crippen molar-refractivity contribution in [2.24, 2.45) is 0 Å². The van der Waals surface area contributed by atoms with Crippen LogP contribution in [-0.2, 0) is 0 Å². The highest BCUT2D eigenvalue weighted by molar-refractivity contribution is 9.10. The number of nitrogen functional groups attached to an aromatic ring is 1. The van der Waals surface area contributed by atoms with Crippen LogP contribution in [0.2, 0.25) is 0 Å². The Morgan fingerprint density at radius 1 is 1.29 bits per heavy atom. The number of nitrogens with two attached hydrogens (primary N) is 1.